The van der Waals surface area contributed by atoms with Crippen molar-refractivity contribution in [2.75, 3.05) is 0 Å². The second-order valence-electron chi connectivity index (χ2n) is 10.5. The molecule has 1 aromatic carbocycles. The van der Waals surface area contributed by atoms with Gasteiger partial charge in [0.25, 0.3) is 0 Å². The van der Waals surface area contributed by atoms with E-state index < -0.39 is 29.5 Å². The van der Waals surface area contributed by atoms with Crippen LogP contribution in [0.1, 0.15) is 70.1 Å². The number of hydrogen-bond donors (Lipinski definition) is 0. The maximum atomic E-state index is 13.5. The van der Waals surface area contributed by atoms with Crippen molar-refractivity contribution in [1.82, 2.24) is 0 Å². The number of carbonyl (C=O) groups excluding carboxylic acids is 3. The minimum Gasteiger partial charge on any atom is -0.458 e. The third-order valence-corrected chi connectivity index (χ3v) is 8.32. The molecule has 7 atom stereocenters. The molecule has 0 N–H and O–H groups in total. The van der Waals surface area contributed by atoms with Crippen molar-refractivity contribution in [3.63, 3.8) is 0 Å². The van der Waals surface area contributed by atoms with Crippen LogP contribution in [0.2, 0.25) is 0 Å². The molecule has 0 aromatic heterocycles. The average molecular weight is 441 g/mol. The molecule has 0 radical (unpaired) electrons. The molecule has 1 saturated heterocycles. The fourth-order valence-electron chi connectivity index (χ4n) is 6.11. The van der Waals surface area contributed by atoms with Crippen LogP contribution in [0.4, 0.5) is 0 Å². The number of benzene rings is 1. The summed E-state index contributed by atoms with van der Waals surface area (Å²) in [5.41, 5.74) is 1.68. The summed E-state index contributed by atoms with van der Waals surface area (Å²) in [6.45, 7) is 5.64. The van der Waals surface area contributed by atoms with Crippen LogP contribution in [0.5, 0.6) is 0 Å². The van der Waals surface area contributed by atoms with E-state index in [0.717, 1.165) is 31.2 Å². The predicted molar refractivity (Wildman–Crippen MR) is 115 cm³/mol. The summed E-state index contributed by atoms with van der Waals surface area (Å²) in [7, 11) is 0. The Balaban J connectivity index is 1.37. The van der Waals surface area contributed by atoms with E-state index in [-0.39, 0.29) is 35.8 Å². The zero-order valence-corrected chi connectivity index (χ0v) is 19.0. The topological polar surface area (TPSA) is 78.9 Å². The first-order valence-electron chi connectivity index (χ1n) is 12.0. The Bertz CT molecular complexity index is 936. The van der Waals surface area contributed by atoms with Crippen LogP contribution in [0.25, 0.3) is 0 Å². The van der Waals surface area contributed by atoms with Crippen LogP contribution in [0, 0.1) is 29.1 Å². The fraction of sp³-hybridized carbons (Fsp3) is 0.654. The lowest BCUT2D eigenvalue weighted by Crippen LogP contribution is -2.45. The molecule has 0 amide bonds. The Kier molecular flexibility index (Phi) is 5.30. The molecular formula is C26H32O6. The van der Waals surface area contributed by atoms with Gasteiger partial charge in [0.05, 0.1) is 17.3 Å². The summed E-state index contributed by atoms with van der Waals surface area (Å²) >= 11 is 0. The number of fused-ring (bicyclic) bond motifs is 2. The first kappa shape index (κ1) is 21.5. The highest BCUT2D eigenvalue weighted by Gasteiger charge is 2.70. The van der Waals surface area contributed by atoms with Crippen LogP contribution in [-0.4, -0.2) is 30.1 Å². The van der Waals surface area contributed by atoms with Gasteiger partial charge in [-0.25, -0.2) is 0 Å². The third-order valence-electron chi connectivity index (χ3n) is 8.32. The van der Waals surface area contributed by atoms with E-state index in [1.165, 1.54) is 5.56 Å². The second kappa shape index (κ2) is 7.89. The predicted octanol–water partition coefficient (Wildman–Crippen LogP) is 4.15. The first-order valence-corrected chi connectivity index (χ1v) is 12.0. The lowest BCUT2D eigenvalue weighted by Gasteiger charge is -2.33. The standard InChI is InChI=1S/C26H32O6/c1-4-26(2,3)25(29)32-22-17-13-16-20(24(28)31-21(16)22)19(17)23(27)30-18-12-8-6-10-14-9-5-7-11-15(14)18/h5,7,9,11,16-22H,4,6,8,10,12-13H2,1-3H3. The molecule has 6 heteroatoms. The Morgan fingerprint density at radius 2 is 1.91 bits per heavy atom. The van der Waals surface area contributed by atoms with Crippen molar-refractivity contribution in [3.8, 4) is 0 Å². The third kappa shape index (κ3) is 3.34. The second-order valence-corrected chi connectivity index (χ2v) is 10.5. The molecule has 3 fully saturated rings. The average Bonchev–Trinajstić information content (AvgIpc) is 3.33. The molecule has 2 saturated carbocycles. The summed E-state index contributed by atoms with van der Waals surface area (Å²) < 4.78 is 17.6. The van der Waals surface area contributed by atoms with Crippen LogP contribution in [0.3, 0.4) is 0 Å². The van der Waals surface area contributed by atoms with E-state index in [9.17, 15) is 14.4 Å². The van der Waals surface area contributed by atoms with Gasteiger partial charge >= 0.3 is 17.9 Å². The maximum absolute atomic E-state index is 13.5. The van der Waals surface area contributed by atoms with Crippen molar-refractivity contribution >= 4 is 17.9 Å². The summed E-state index contributed by atoms with van der Waals surface area (Å²) in [6, 6.07) is 8.14. The normalized spacial score (nSPS) is 35.1. The summed E-state index contributed by atoms with van der Waals surface area (Å²) in [4.78, 5) is 38.9. The minimum absolute atomic E-state index is 0.0750. The molecule has 6 nitrogen and oxygen atoms in total. The molecule has 0 spiro atoms. The molecule has 2 bridgehead atoms. The van der Waals surface area contributed by atoms with E-state index in [2.05, 4.69) is 6.07 Å². The van der Waals surface area contributed by atoms with Gasteiger partial charge in [-0.1, -0.05) is 31.2 Å². The Morgan fingerprint density at radius 1 is 1.12 bits per heavy atom. The van der Waals surface area contributed by atoms with Crippen molar-refractivity contribution in [1.29, 1.82) is 0 Å². The molecule has 1 aliphatic heterocycles. The van der Waals surface area contributed by atoms with Crippen molar-refractivity contribution < 1.29 is 28.6 Å². The lowest BCUT2D eigenvalue weighted by molar-refractivity contribution is -0.175. The van der Waals surface area contributed by atoms with E-state index >= 15 is 0 Å². The Morgan fingerprint density at radius 3 is 2.69 bits per heavy atom. The van der Waals surface area contributed by atoms with Crippen LogP contribution in [-0.2, 0) is 35.0 Å². The number of aryl methyl sites for hydroxylation is 1. The quantitative estimate of drug-likeness (QED) is 0.389. The van der Waals surface area contributed by atoms with Gasteiger partial charge in [-0.15, -0.1) is 0 Å². The number of ether oxygens (including phenoxy) is 3. The monoisotopic (exact) mass is 440 g/mol. The minimum atomic E-state index is -0.621. The summed E-state index contributed by atoms with van der Waals surface area (Å²) in [5.74, 6) is -2.39. The first-order chi connectivity index (χ1) is 15.3. The fourth-order valence-corrected chi connectivity index (χ4v) is 6.11. The van der Waals surface area contributed by atoms with Gasteiger partial charge in [0.1, 0.15) is 18.3 Å². The zero-order valence-electron chi connectivity index (χ0n) is 19.0. The highest BCUT2D eigenvalue weighted by Crippen LogP contribution is 2.59. The van der Waals surface area contributed by atoms with E-state index in [1.807, 2.05) is 39.0 Å². The maximum Gasteiger partial charge on any atom is 0.311 e. The van der Waals surface area contributed by atoms with Crippen LogP contribution < -0.4 is 0 Å². The SMILES string of the molecule is CCC(C)(C)C(=O)OC1C2CC3C1OC(=O)C3C2C(=O)OC1CCCCc2ccccc21. The molecule has 3 aliphatic carbocycles. The molecular weight excluding hydrogens is 408 g/mol. The summed E-state index contributed by atoms with van der Waals surface area (Å²) in [6.07, 6.45) is 3.83. The van der Waals surface area contributed by atoms with Gasteiger partial charge in [-0.05, 0) is 63.5 Å². The van der Waals surface area contributed by atoms with Crippen molar-refractivity contribution in [3.05, 3.63) is 35.4 Å². The van der Waals surface area contributed by atoms with Gasteiger partial charge < -0.3 is 14.2 Å². The van der Waals surface area contributed by atoms with Crippen molar-refractivity contribution in [2.24, 2.45) is 29.1 Å². The van der Waals surface area contributed by atoms with E-state index in [0.29, 0.717) is 12.8 Å². The van der Waals surface area contributed by atoms with Gasteiger partial charge in [-0.3, -0.25) is 14.4 Å². The molecule has 32 heavy (non-hydrogen) atoms. The Labute approximate surface area is 189 Å². The highest BCUT2D eigenvalue weighted by atomic mass is 16.6. The molecule has 1 aromatic rings. The highest BCUT2D eigenvalue weighted by molar-refractivity contribution is 5.86. The zero-order chi connectivity index (χ0) is 22.6. The molecule has 5 rings (SSSR count). The van der Waals surface area contributed by atoms with Gasteiger partial charge in [0, 0.05) is 11.8 Å². The largest absolute Gasteiger partial charge is 0.458 e. The van der Waals surface area contributed by atoms with Crippen LogP contribution in [0.15, 0.2) is 24.3 Å². The smallest absolute Gasteiger partial charge is 0.311 e. The van der Waals surface area contributed by atoms with Crippen molar-refractivity contribution in [2.45, 2.75) is 77.6 Å². The lowest BCUT2D eigenvalue weighted by atomic mass is 9.78. The number of carbonyl (C=O) groups is 3. The van der Waals surface area contributed by atoms with Gasteiger partial charge in [0.2, 0.25) is 0 Å². The number of esters is 3. The van der Waals surface area contributed by atoms with E-state index in [1.54, 1.807) is 0 Å². The van der Waals surface area contributed by atoms with Gasteiger partial charge in [0.15, 0.2) is 0 Å². The number of hydrogen-bond acceptors (Lipinski definition) is 6. The van der Waals surface area contributed by atoms with Gasteiger partial charge in [-0.2, -0.15) is 0 Å². The Hall–Kier alpha value is -2.37. The van der Waals surface area contributed by atoms with E-state index in [4.69, 9.17) is 14.2 Å². The molecule has 1 heterocycles. The molecule has 4 aliphatic rings. The van der Waals surface area contributed by atoms with Crippen LogP contribution >= 0.6 is 0 Å². The number of rotatable bonds is 5. The molecule has 7 unspecified atom stereocenters. The summed E-state index contributed by atoms with van der Waals surface area (Å²) in [5, 5.41) is 0. The molecule has 172 valence electrons.